The third-order valence-electron chi connectivity index (χ3n) is 7.23. The number of piperazine rings is 1. The van der Waals surface area contributed by atoms with Crippen molar-refractivity contribution in [2.24, 2.45) is 0 Å². The quantitative estimate of drug-likeness (QED) is 0.487. The molecule has 1 N–H and O–H groups in total. The van der Waals surface area contributed by atoms with E-state index in [0.717, 1.165) is 44.6 Å². The topological polar surface area (TPSA) is 65.6 Å². The SMILES string of the molecule is COc1ccc(CN2CC(=O)N3C(Cc4c([nH]c5ccccc45)C3c3cccc(C)c3)C2=O)cc1. The van der Waals surface area contributed by atoms with Crippen LogP contribution in [0.25, 0.3) is 10.9 Å². The maximum absolute atomic E-state index is 13.8. The van der Waals surface area contributed by atoms with Crippen molar-refractivity contribution in [2.75, 3.05) is 13.7 Å². The van der Waals surface area contributed by atoms with Crippen molar-refractivity contribution in [3.8, 4) is 5.75 Å². The lowest BCUT2D eigenvalue weighted by atomic mass is 9.86. The van der Waals surface area contributed by atoms with Gasteiger partial charge in [-0.15, -0.1) is 0 Å². The van der Waals surface area contributed by atoms with Crippen molar-refractivity contribution < 1.29 is 14.3 Å². The normalized spacial score (nSPS) is 19.6. The number of amides is 2. The molecule has 35 heavy (non-hydrogen) atoms. The molecule has 6 rings (SSSR count). The first kappa shape index (κ1) is 21.5. The van der Waals surface area contributed by atoms with Gasteiger partial charge in [0.2, 0.25) is 11.8 Å². The van der Waals surface area contributed by atoms with Crippen LogP contribution in [0, 0.1) is 6.92 Å². The molecule has 0 saturated carbocycles. The number of H-pyrrole nitrogens is 1. The molecule has 0 radical (unpaired) electrons. The lowest BCUT2D eigenvalue weighted by Crippen LogP contribution is -2.62. The molecule has 1 aromatic heterocycles. The summed E-state index contributed by atoms with van der Waals surface area (Å²) in [5.74, 6) is 0.731. The predicted octanol–water partition coefficient (Wildman–Crippen LogP) is 4.37. The molecule has 2 unspecified atom stereocenters. The summed E-state index contributed by atoms with van der Waals surface area (Å²) in [6.45, 7) is 2.52. The molecular weight excluding hydrogens is 438 g/mol. The van der Waals surface area contributed by atoms with Crippen LogP contribution in [0.4, 0.5) is 0 Å². The Kier molecular flexibility index (Phi) is 5.10. The van der Waals surface area contributed by atoms with Crippen molar-refractivity contribution in [2.45, 2.75) is 32.0 Å². The third kappa shape index (κ3) is 3.57. The van der Waals surface area contributed by atoms with E-state index in [9.17, 15) is 9.59 Å². The first-order valence-corrected chi connectivity index (χ1v) is 11.9. The van der Waals surface area contributed by atoms with Crippen LogP contribution >= 0.6 is 0 Å². The number of hydrogen-bond acceptors (Lipinski definition) is 3. The Morgan fingerprint density at radius 3 is 2.57 bits per heavy atom. The first-order chi connectivity index (χ1) is 17.0. The fraction of sp³-hybridized carbons (Fsp3) is 0.241. The second-order valence-corrected chi connectivity index (χ2v) is 9.44. The monoisotopic (exact) mass is 465 g/mol. The highest BCUT2D eigenvalue weighted by molar-refractivity contribution is 5.97. The minimum atomic E-state index is -0.535. The minimum absolute atomic E-state index is 0.00555. The van der Waals surface area contributed by atoms with Gasteiger partial charge in [0.05, 0.1) is 13.2 Å². The van der Waals surface area contributed by atoms with Crippen molar-refractivity contribution >= 4 is 22.7 Å². The average Bonchev–Trinajstić information content (AvgIpc) is 3.24. The maximum Gasteiger partial charge on any atom is 0.246 e. The van der Waals surface area contributed by atoms with Gasteiger partial charge in [0.1, 0.15) is 18.3 Å². The molecule has 176 valence electrons. The molecule has 0 aliphatic carbocycles. The number of fused-ring (bicyclic) bond motifs is 4. The Balaban J connectivity index is 1.42. The van der Waals surface area contributed by atoms with Crippen LogP contribution in [0.3, 0.4) is 0 Å². The zero-order valence-electron chi connectivity index (χ0n) is 19.8. The van der Waals surface area contributed by atoms with Gasteiger partial charge in [-0.3, -0.25) is 9.59 Å². The van der Waals surface area contributed by atoms with Crippen LogP contribution in [0.1, 0.15) is 34.0 Å². The second-order valence-electron chi connectivity index (χ2n) is 9.44. The zero-order chi connectivity index (χ0) is 24.1. The Bertz CT molecular complexity index is 1440. The highest BCUT2D eigenvalue weighted by atomic mass is 16.5. The number of benzene rings is 3. The maximum atomic E-state index is 13.8. The lowest BCUT2D eigenvalue weighted by molar-refractivity contribution is -0.159. The Hall–Kier alpha value is -4.06. The number of nitrogens with zero attached hydrogens (tertiary/aromatic N) is 2. The molecule has 6 heteroatoms. The Labute approximate surface area is 204 Å². The summed E-state index contributed by atoms with van der Waals surface area (Å²) in [6.07, 6.45) is 0.505. The Morgan fingerprint density at radius 1 is 1.00 bits per heavy atom. The Morgan fingerprint density at radius 2 is 1.80 bits per heavy atom. The standard InChI is InChI=1S/C29H27N3O3/c1-18-6-5-7-20(14-18)28-27-23(22-8-3-4-9-24(22)30-27)15-25-29(34)31(17-26(33)32(25)28)16-19-10-12-21(35-2)13-11-19/h3-14,25,28,30H,15-17H2,1-2H3. The van der Waals surface area contributed by atoms with E-state index in [1.54, 1.807) is 12.0 Å². The number of aromatic nitrogens is 1. The van der Waals surface area contributed by atoms with Crippen LogP contribution in [0.5, 0.6) is 5.75 Å². The van der Waals surface area contributed by atoms with Gasteiger partial charge in [0.15, 0.2) is 0 Å². The summed E-state index contributed by atoms with van der Waals surface area (Å²) in [5, 5.41) is 1.12. The van der Waals surface area contributed by atoms with Crippen molar-refractivity contribution in [3.63, 3.8) is 0 Å². The molecule has 1 fully saturated rings. The summed E-state index contributed by atoms with van der Waals surface area (Å²) < 4.78 is 5.25. The van der Waals surface area contributed by atoms with Gasteiger partial charge in [0.25, 0.3) is 0 Å². The number of carbonyl (C=O) groups excluding carboxylic acids is 2. The largest absolute Gasteiger partial charge is 0.497 e. The van der Waals surface area contributed by atoms with E-state index in [2.05, 4.69) is 42.2 Å². The minimum Gasteiger partial charge on any atom is -0.497 e. The molecular formula is C29H27N3O3. The van der Waals surface area contributed by atoms with Crippen molar-refractivity contribution in [3.05, 3.63) is 101 Å². The number of rotatable bonds is 4. The number of nitrogens with one attached hydrogen (secondary N) is 1. The van der Waals surface area contributed by atoms with E-state index in [1.807, 2.05) is 47.4 Å². The lowest BCUT2D eigenvalue weighted by Gasteiger charge is -2.47. The van der Waals surface area contributed by atoms with E-state index >= 15 is 0 Å². The molecule has 4 aromatic rings. The number of hydrogen-bond donors (Lipinski definition) is 1. The van der Waals surface area contributed by atoms with Crippen LogP contribution in [0.2, 0.25) is 0 Å². The summed E-state index contributed by atoms with van der Waals surface area (Å²) in [7, 11) is 1.63. The van der Waals surface area contributed by atoms with Crippen molar-refractivity contribution in [1.29, 1.82) is 0 Å². The summed E-state index contributed by atoms with van der Waals surface area (Å²) in [6, 6.07) is 23.2. The van der Waals surface area contributed by atoms with Gasteiger partial charge in [-0.1, -0.05) is 60.2 Å². The summed E-state index contributed by atoms with van der Waals surface area (Å²) >= 11 is 0. The number of ether oxygens (including phenoxy) is 1. The van der Waals surface area contributed by atoms with Crippen LogP contribution in [-0.4, -0.2) is 46.3 Å². The molecule has 1 saturated heterocycles. The third-order valence-corrected chi connectivity index (χ3v) is 7.23. The van der Waals surface area contributed by atoms with Crippen molar-refractivity contribution in [1.82, 2.24) is 14.8 Å². The number of aryl methyl sites for hydroxylation is 1. The van der Waals surface area contributed by atoms with Gasteiger partial charge in [-0.2, -0.15) is 0 Å². The fourth-order valence-electron chi connectivity index (χ4n) is 5.60. The smallest absolute Gasteiger partial charge is 0.246 e. The number of methoxy groups -OCH3 is 1. The van der Waals surface area contributed by atoms with Crippen LogP contribution < -0.4 is 4.74 Å². The second kappa shape index (κ2) is 8.31. The van der Waals surface area contributed by atoms with Gasteiger partial charge >= 0.3 is 0 Å². The highest BCUT2D eigenvalue weighted by Crippen LogP contribution is 2.42. The predicted molar refractivity (Wildman–Crippen MR) is 134 cm³/mol. The molecule has 2 aliphatic rings. The van der Waals surface area contributed by atoms with Crippen LogP contribution in [-0.2, 0) is 22.6 Å². The average molecular weight is 466 g/mol. The molecule has 6 nitrogen and oxygen atoms in total. The van der Waals surface area contributed by atoms with Gasteiger partial charge in [0, 0.05) is 29.6 Å². The first-order valence-electron chi connectivity index (χ1n) is 11.9. The van der Waals surface area contributed by atoms with E-state index in [4.69, 9.17) is 4.74 Å². The van der Waals surface area contributed by atoms with Gasteiger partial charge < -0.3 is 19.5 Å². The van der Waals surface area contributed by atoms with Crippen LogP contribution in [0.15, 0.2) is 72.8 Å². The van der Waals surface area contributed by atoms with Gasteiger partial charge in [-0.05, 0) is 41.8 Å². The molecule has 2 aliphatic heterocycles. The highest BCUT2D eigenvalue weighted by Gasteiger charge is 2.48. The number of aromatic amines is 1. The summed E-state index contributed by atoms with van der Waals surface area (Å²) in [4.78, 5) is 34.6. The zero-order valence-corrected chi connectivity index (χ0v) is 19.8. The summed E-state index contributed by atoms with van der Waals surface area (Å²) in [5.41, 5.74) is 6.29. The molecule has 3 aromatic carbocycles. The number of para-hydroxylation sites is 1. The van der Waals surface area contributed by atoms with E-state index in [0.29, 0.717) is 13.0 Å². The number of carbonyl (C=O) groups is 2. The molecule has 2 amide bonds. The van der Waals surface area contributed by atoms with E-state index in [1.165, 1.54) is 0 Å². The van der Waals surface area contributed by atoms with E-state index < -0.39 is 6.04 Å². The molecule has 0 bridgehead atoms. The van der Waals surface area contributed by atoms with Gasteiger partial charge in [-0.25, -0.2) is 0 Å². The fourth-order valence-corrected chi connectivity index (χ4v) is 5.60. The van der Waals surface area contributed by atoms with E-state index in [-0.39, 0.29) is 24.4 Å². The molecule has 3 heterocycles. The molecule has 2 atom stereocenters. The molecule has 0 spiro atoms.